The number of benzene rings is 2. The van der Waals surface area contributed by atoms with Gasteiger partial charge >= 0.3 is 0 Å². The Hall–Kier alpha value is -3.21. The van der Waals surface area contributed by atoms with Gasteiger partial charge < -0.3 is 30.0 Å². The van der Waals surface area contributed by atoms with Gasteiger partial charge in [0.15, 0.2) is 0 Å². The Morgan fingerprint density at radius 2 is 2.11 bits per heavy atom. The lowest BCUT2D eigenvalue weighted by atomic mass is 10.1. The molecule has 2 aromatic heterocycles. The van der Waals surface area contributed by atoms with E-state index in [1.54, 1.807) is 12.3 Å². The van der Waals surface area contributed by atoms with Crippen molar-refractivity contribution in [2.45, 2.75) is 26.1 Å². The number of morpholine rings is 1. The van der Waals surface area contributed by atoms with E-state index in [-0.39, 0.29) is 12.1 Å². The number of rotatable bonds is 7. The van der Waals surface area contributed by atoms with Crippen molar-refractivity contribution in [3.8, 4) is 11.4 Å². The number of nitrogens with zero attached hydrogens (tertiary/aromatic N) is 2. The third-order valence-electron chi connectivity index (χ3n) is 6.70. The molecule has 0 bridgehead atoms. The molecule has 0 aliphatic carbocycles. The SMILES string of the molecule is Cc1ccc(C(O)CNc2cc[nH]c(=O)c2-c2nc3c(C)cc(N4CCOC(CF)C4)cc3[nH]2)cc1Br. The Balaban J connectivity index is 1.43. The number of nitrogens with one attached hydrogen (secondary N) is 3. The van der Waals surface area contributed by atoms with Gasteiger partial charge in [0, 0.05) is 36.0 Å². The summed E-state index contributed by atoms with van der Waals surface area (Å²) in [6, 6.07) is 11.5. The Morgan fingerprint density at radius 3 is 2.89 bits per heavy atom. The van der Waals surface area contributed by atoms with Crippen LogP contribution < -0.4 is 15.8 Å². The van der Waals surface area contributed by atoms with Crippen molar-refractivity contribution >= 4 is 38.3 Å². The molecule has 0 spiro atoms. The maximum absolute atomic E-state index is 13.2. The number of anilines is 2. The summed E-state index contributed by atoms with van der Waals surface area (Å²) in [6.07, 6.45) is 0.357. The number of halogens is 2. The molecule has 2 unspecified atom stereocenters. The van der Waals surface area contributed by atoms with Crippen molar-refractivity contribution in [2.75, 3.05) is 43.1 Å². The maximum atomic E-state index is 13.2. The number of alkyl halides is 1. The van der Waals surface area contributed by atoms with Crippen molar-refractivity contribution in [1.29, 1.82) is 0 Å². The summed E-state index contributed by atoms with van der Waals surface area (Å²) in [5, 5.41) is 14.0. The molecule has 2 atom stereocenters. The van der Waals surface area contributed by atoms with Gasteiger partial charge in [-0.2, -0.15) is 0 Å². The molecule has 2 aromatic carbocycles. The van der Waals surface area contributed by atoms with Crippen LogP contribution >= 0.6 is 15.9 Å². The number of imidazole rings is 1. The molecule has 5 rings (SSSR count). The van der Waals surface area contributed by atoms with Crippen LogP contribution in [0.3, 0.4) is 0 Å². The molecule has 0 saturated carbocycles. The zero-order valence-corrected chi connectivity index (χ0v) is 22.2. The van der Waals surface area contributed by atoms with E-state index in [2.05, 4.69) is 36.1 Å². The average Bonchev–Trinajstić information content (AvgIpc) is 3.33. The number of aliphatic hydroxyl groups excluding tert-OH is 1. The van der Waals surface area contributed by atoms with Crippen LogP contribution in [0.25, 0.3) is 22.4 Å². The molecule has 10 heteroatoms. The van der Waals surface area contributed by atoms with Gasteiger partial charge in [0.05, 0.1) is 29.4 Å². The molecular formula is C27H29BrFN5O3. The molecule has 1 saturated heterocycles. The van der Waals surface area contributed by atoms with Gasteiger partial charge in [-0.3, -0.25) is 4.79 Å². The summed E-state index contributed by atoms with van der Waals surface area (Å²) >= 11 is 3.51. The average molecular weight is 570 g/mol. The van der Waals surface area contributed by atoms with Gasteiger partial charge in [0.25, 0.3) is 5.56 Å². The van der Waals surface area contributed by atoms with Crippen LogP contribution in [0.2, 0.25) is 0 Å². The van der Waals surface area contributed by atoms with Crippen molar-refractivity contribution in [1.82, 2.24) is 15.0 Å². The van der Waals surface area contributed by atoms with Crippen molar-refractivity contribution in [3.05, 3.63) is 74.1 Å². The van der Waals surface area contributed by atoms with Crippen molar-refractivity contribution < 1.29 is 14.2 Å². The van der Waals surface area contributed by atoms with Crippen LogP contribution in [0, 0.1) is 13.8 Å². The number of hydrogen-bond acceptors (Lipinski definition) is 6. The number of ether oxygens (including phenoxy) is 1. The van der Waals surface area contributed by atoms with Gasteiger partial charge in [0.2, 0.25) is 0 Å². The molecule has 4 aromatic rings. The summed E-state index contributed by atoms with van der Waals surface area (Å²) in [6.45, 7) is 5.27. The van der Waals surface area contributed by atoms with Gasteiger partial charge in [-0.15, -0.1) is 0 Å². The van der Waals surface area contributed by atoms with E-state index in [4.69, 9.17) is 9.72 Å². The van der Waals surface area contributed by atoms with E-state index in [0.717, 1.165) is 37.9 Å². The second kappa shape index (κ2) is 10.6. The van der Waals surface area contributed by atoms with Gasteiger partial charge in [-0.05, 0) is 54.8 Å². The minimum atomic E-state index is -0.772. The lowest BCUT2D eigenvalue weighted by molar-refractivity contribution is 0.0247. The minimum absolute atomic E-state index is 0.210. The van der Waals surface area contributed by atoms with Crippen LogP contribution in [0.1, 0.15) is 22.8 Å². The second-order valence-electron chi connectivity index (χ2n) is 9.34. The first-order valence-electron chi connectivity index (χ1n) is 12.2. The number of H-pyrrole nitrogens is 2. The van der Waals surface area contributed by atoms with E-state index in [1.807, 2.05) is 44.2 Å². The highest BCUT2D eigenvalue weighted by molar-refractivity contribution is 9.10. The topological polar surface area (TPSA) is 106 Å². The second-order valence-corrected chi connectivity index (χ2v) is 10.2. The number of aromatic amines is 2. The molecule has 3 heterocycles. The zero-order chi connectivity index (χ0) is 26.1. The van der Waals surface area contributed by atoms with E-state index < -0.39 is 18.9 Å². The number of aromatic nitrogens is 3. The Bertz CT molecular complexity index is 1490. The molecule has 4 N–H and O–H groups in total. The van der Waals surface area contributed by atoms with Crippen LogP contribution in [0.5, 0.6) is 0 Å². The predicted molar refractivity (Wildman–Crippen MR) is 147 cm³/mol. The zero-order valence-electron chi connectivity index (χ0n) is 20.6. The Morgan fingerprint density at radius 1 is 1.27 bits per heavy atom. The third kappa shape index (κ3) is 5.27. The maximum Gasteiger partial charge on any atom is 0.261 e. The molecule has 0 amide bonds. The molecule has 194 valence electrons. The summed E-state index contributed by atoms with van der Waals surface area (Å²) in [5.41, 5.74) is 5.91. The van der Waals surface area contributed by atoms with Gasteiger partial charge in [-0.25, -0.2) is 9.37 Å². The summed E-state index contributed by atoms with van der Waals surface area (Å²) in [5.74, 6) is 0.427. The Labute approximate surface area is 222 Å². The van der Waals surface area contributed by atoms with Gasteiger partial charge in [-0.1, -0.05) is 28.1 Å². The molecule has 1 fully saturated rings. The van der Waals surface area contributed by atoms with Crippen LogP contribution in [0.15, 0.2) is 51.9 Å². The lowest BCUT2D eigenvalue weighted by Crippen LogP contribution is -2.43. The molecule has 0 radical (unpaired) electrons. The number of aliphatic hydroxyl groups is 1. The standard InChI is InChI=1S/C27H29BrFN5O3/c1-15-3-4-17(10-20(15)28)23(35)13-31-21-5-6-30-27(36)24(21)26-32-22-11-18(9-16(2)25(22)33-26)34-7-8-37-19(12-29)14-34/h3-6,9-11,19,23,35H,7-8,12-14H2,1-2H3,(H,32,33)(H2,30,31,36). The van der Waals surface area contributed by atoms with Crippen LogP contribution in [-0.2, 0) is 4.74 Å². The quantitative estimate of drug-likeness (QED) is 0.259. The van der Waals surface area contributed by atoms with Crippen LogP contribution in [0.4, 0.5) is 15.8 Å². The van der Waals surface area contributed by atoms with E-state index >= 15 is 0 Å². The van der Waals surface area contributed by atoms with Crippen molar-refractivity contribution in [3.63, 3.8) is 0 Å². The van der Waals surface area contributed by atoms with Gasteiger partial charge in [0.1, 0.15) is 24.2 Å². The molecule has 37 heavy (non-hydrogen) atoms. The smallest absolute Gasteiger partial charge is 0.261 e. The summed E-state index contributed by atoms with van der Waals surface area (Å²) < 4.78 is 19.6. The first-order valence-corrected chi connectivity index (χ1v) is 13.0. The monoisotopic (exact) mass is 569 g/mol. The molecule has 8 nitrogen and oxygen atoms in total. The Kier molecular flexibility index (Phi) is 7.32. The van der Waals surface area contributed by atoms with E-state index in [1.165, 1.54) is 0 Å². The van der Waals surface area contributed by atoms with E-state index in [0.29, 0.717) is 36.8 Å². The fourth-order valence-corrected chi connectivity index (χ4v) is 5.02. The summed E-state index contributed by atoms with van der Waals surface area (Å²) in [4.78, 5) is 25.8. The molecular weight excluding hydrogens is 541 g/mol. The number of fused-ring (bicyclic) bond motifs is 1. The lowest BCUT2D eigenvalue weighted by Gasteiger charge is -2.33. The highest BCUT2D eigenvalue weighted by Gasteiger charge is 2.22. The number of aryl methyl sites for hydroxylation is 2. The first kappa shape index (κ1) is 25.4. The fourth-order valence-electron chi connectivity index (χ4n) is 4.62. The highest BCUT2D eigenvalue weighted by atomic mass is 79.9. The van der Waals surface area contributed by atoms with Crippen molar-refractivity contribution in [2.24, 2.45) is 0 Å². The third-order valence-corrected chi connectivity index (χ3v) is 7.56. The number of hydrogen-bond donors (Lipinski definition) is 4. The first-order chi connectivity index (χ1) is 17.8. The molecule has 1 aliphatic heterocycles. The highest BCUT2D eigenvalue weighted by Crippen LogP contribution is 2.30. The molecule has 1 aliphatic rings. The largest absolute Gasteiger partial charge is 0.387 e. The number of pyridine rings is 1. The van der Waals surface area contributed by atoms with Crippen LogP contribution in [-0.4, -0.2) is 59.1 Å². The summed E-state index contributed by atoms with van der Waals surface area (Å²) in [7, 11) is 0. The predicted octanol–water partition coefficient (Wildman–Crippen LogP) is 4.62. The fraction of sp³-hybridized carbons (Fsp3) is 0.333. The van der Waals surface area contributed by atoms with E-state index in [9.17, 15) is 14.3 Å². The minimum Gasteiger partial charge on any atom is -0.387 e. The normalized spacial score (nSPS) is 16.8.